The quantitative estimate of drug-likeness (QED) is 0.785. The third-order valence-corrected chi connectivity index (χ3v) is 3.93. The summed E-state index contributed by atoms with van der Waals surface area (Å²) in [6, 6.07) is 0.283. The van der Waals surface area contributed by atoms with Gasteiger partial charge in [-0.05, 0) is 46.5 Å². The molecule has 1 rings (SSSR count). The van der Waals surface area contributed by atoms with E-state index in [1.54, 1.807) is 0 Å². The number of nitrogens with zero attached hydrogens (tertiary/aromatic N) is 1. The summed E-state index contributed by atoms with van der Waals surface area (Å²) in [7, 11) is 0. The molecule has 1 heterocycles. The van der Waals surface area contributed by atoms with Crippen molar-refractivity contribution in [3.8, 4) is 0 Å². The largest absolute Gasteiger partial charge is 0.381 e. The molecule has 4 nitrogen and oxygen atoms in total. The molecule has 4 heteroatoms. The van der Waals surface area contributed by atoms with E-state index in [0.717, 1.165) is 39.1 Å². The smallest absolute Gasteiger partial charge is 0.239 e. The van der Waals surface area contributed by atoms with Crippen LogP contribution < -0.4 is 5.32 Å². The van der Waals surface area contributed by atoms with Gasteiger partial charge in [0.25, 0.3) is 0 Å². The molecule has 0 aromatic rings. The number of ether oxygens (including phenoxy) is 1. The predicted octanol–water partition coefficient (Wildman–Crippen LogP) is 1.65. The fourth-order valence-corrected chi connectivity index (χ4v) is 2.63. The first-order valence-corrected chi connectivity index (χ1v) is 7.22. The lowest BCUT2D eigenvalue weighted by molar-refractivity contribution is -0.133. The van der Waals surface area contributed by atoms with Crippen LogP contribution >= 0.6 is 0 Å². The summed E-state index contributed by atoms with van der Waals surface area (Å²) in [6.07, 6.45) is 2.20. The summed E-state index contributed by atoms with van der Waals surface area (Å²) in [5.41, 5.74) is 0. The van der Waals surface area contributed by atoms with Crippen LogP contribution in [0.1, 0.15) is 40.5 Å². The van der Waals surface area contributed by atoms with E-state index in [0.29, 0.717) is 12.0 Å². The van der Waals surface area contributed by atoms with E-state index in [9.17, 15) is 4.79 Å². The molecule has 1 aliphatic rings. The van der Waals surface area contributed by atoms with E-state index in [1.165, 1.54) is 0 Å². The van der Waals surface area contributed by atoms with Crippen LogP contribution in [0.2, 0.25) is 0 Å². The summed E-state index contributed by atoms with van der Waals surface area (Å²) in [6.45, 7) is 11.5. The molecule has 1 N–H and O–H groups in total. The van der Waals surface area contributed by atoms with Crippen molar-refractivity contribution in [3.63, 3.8) is 0 Å². The maximum Gasteiger partial charge on any atom is 0.239 e. The van der Waals surface area contributed by atoms with Gasteiger partial charge in [0.15, 0.2) is 0 Å². The average molecular weight is 256 g/mol. The number of nitrogens with one attached hydrogen (secondary N) is 1. The molecular weight excluding hydrogens is 228 g/mol. The van der Waals surface area contributed by atoms with Gasteiger partial charge in [-0.25, -0.2) is 0 Å². The molecule has 0 radical (unpaired) electrons. The average Bonchev–Trinajstić information content (AvgIpc) is 2.40. The Morgan fingerprint density at radius 2 is 1.83 bits per heavy atom. The highest BCUT2D eigenvalue weighted by Gasteiger charge is 2.25. The molecule has 1 saturated heterocycles. The standard InChI is InChI=1S/C14H28N2O2/c1-5-16(6-2)14(17)12(4)15-11(3)13-7-9-18-10-8-13/h11-13,15H,5-10H2,1-4H3. The third kappa shape index (κ3) is 4.25. The van der Waals surface area contributed by atoms with Crippen LogP contribution in [0, 0.1) is 5.92 Å². The van der Waals surface area contributed by atoms with Crippen molar-refractivity contribution in [1.82, 2.24) is 10.2 Å². The van der Waals surface area contributed by atoms with Crippen molar-refractivity contribution < 1.29 is 9.53 Å². The molecule has 2 atom stereocenters. The van der Waals surface area contributed by atoms with Gasteiger partial charge >= 0.3 is 0 Å². The zero-order valence-electron chi connectivity index (χ0n) is 12.2. The molecule has 0 aromatic carbocycles. The van der Waals surface area contributed by atoms with Crippen LogP contribution in [-0.4, -0.2) is 49.2 Å². The minimum absolute atomic E-state index is 0.0947. The van der Waals surface area contributed by atoms with Crippen molar-refractivity contribution in [3.05, 3.63) is 0 Å². The van der Waals surface area contributed by atoms with Gasteiger partial charge in [-0.3, -0.25) is 4.79 Å². The molecule has 0 bridgehead atoms. The van der Waals surface area contributed by atoms with Crippen LogP contribution in [-0.2, 0) is 9.53 Å². The first-order valence-electron chi connectivity index (χ1n) is 7.22. The van der Waals surface area contributed by atoms with Crippen molar-refractivity contribution in [1.29, 1.82) is 0 Å². The predicted molar refractivity (Wildman–Crippen MR) is 73.5 cm³/mol. The Morgan fingerprint density at radius 1 is 1.28 bits per heavy atom. The van der Waals surface area contributed by atoms with E-state index in [-0.39, 0.29) is 11.9 Å². The van der Waals surface area contributed by atoms with E-state index >= 15 is 0 Å². The summed E-state index contributed by atoms with van der Waals surface area (Å²) in [4.78, 5) is 14.0. The van der Waals surface area contributed by atoms with Gasteiger partial charge in [0, 0.05) is 32.3 Å². The monoisotopic (exact) mass is 256 g/mol. The van der Waals surface area contributed by atoms with Gasteiger partial charge in [-0.1, -0.05) is 0 Å². The SMILES string of the molecule is CCN(CC)C(=O)C(C)NC(C)C1CCOCC1. The highest BCUT2D eigenvalue weighted by Crippen LogP contribution is 2.18. The fraction of sp³-hybridized carbons (Fsp3) is 0.929. The zero-order chi connectivity index (χ0) is 13.5. The number of amides is 1. The fourth-order valence-electron chi connectivity index (χ4n) is 2.63. The molecule has 0 spiro atoms. The van der Waals surface area contributed by atoms with Gasteiger partial charge in [-0.2, -0.15) is 0 Å². The summed E-state index contributed by atoms with van der Waals surface area (Å²) in [5, 5.41) is 3.45. The van der Waals surface area contributed by atoms with Gasteiger partial charge in [-0.15, -0.1) is 0 Å². The minimum atomic E-state index is -0.0947. The van der Waals surface area contributed by atoms with E-state index in [4.69, 9.17) is 4.74 Å². The second-order valence-corrected chi connectivity index (χ2v) is 5.14. The number of hydrogen-bond acceptors (Lipinski definition) is 3. The van der Waals surface area contributed by atoms with Crippen LogP contribution in [0.5, 0.6) is 0 Å². The highest BCUT2D eigenvalue weighted by atomic mass is 16.5. The third-order valence-electron chi connectivity index (χ3n) is 3.93. The topological polar surface area (TPSA) is 41.6 Å². The van der Waals surface area contributed by atoms with Gasteiger partial charge in [0.05, 0.1) is 6.04 Å². The summed E-state index contributed by atoms with van der Waals surface area (Å²) in [5.74, 6) is 0.838. The Labute approximate surface area is 111 Å². The second-order valence-electron chi connectivity index (χ2n) is 5.14. The molecule has 1 aliphatic heterocycles. The molecule has 0 aromatic heterocycles. The molecule has 0 saturated carbocycles. The Balaban J connectivity index is 2.42. The highest BCUT2D eigenvalue weighted by molar-refractivity contribution is 5.81. The molecule has 18 heavy (non-hydrogen) atoms. The maximum absolute atomic E-state index is 12.2. The lowest BCUT2D eigenvalue weighted by Gasteiger charge is -2.32. The van der Waals surface area contributed by atoms with Crippen molar-refractivity contribution in [2.45, 2.75) is 52.6 Å². The number of hydrogen-bond donors (Lipinski definition) is 1. The van der Waals surface area contributed by atoms with E-state index < -0.39 is 0 Å². The number of likely N-dealkylation sites (N-methyl/N-ethyl adjacent to an activating group) is 1. The Hall–Kier alpha value is -0.610. The first-order chi connectivity index (χ1) is 8.60. The first kappa shape index (κ1) is 15.4. The number of carbonyl (C=O) groups is 1. The van der Waals surface area contributed by atoms with Crippen molar-refractivity contribution in [2.75, 3.05) is 26.3 Å². The maximum atomic E-state index is 12.2. The lowest BCUT2D eigenvalue weighted by Crippen LogP contribution is -2.50. The van der Waals surface area contributed by atoms with Gasteiger partial charge in [0.2, 0.25) is 5.91 Å². The minimum Gasteiger partial charge on any atom is -0.381 e. The van der Waals surface area contributed by atoms with E-state index in [1.807, 2.05) is 25.7 Å². The second kappa shape index (κ2) is 7.74. The molecule has 1 fully saturated rings. The van der Waals surface area contributed by atoms with Crippen LogP contribution in [0.25, 0.3) is 0 Å². The van der Waals surface area contributed by atoms with Gasteiger partial charge in [0.1, 0.15) is 0 Å². The molecule has 2 unspecified atom stereocenters. The van der Waals surface area contributed by atoms with Crippen LogP contribution in [0.15, 0.2) is 0 Å². The van der Waals surface area contributed by atoms with Crippen LogP contribution in [0.4, 0.5) is 0 Å². The Bertz CT molecular complexity index is 248. The summed E-state index contributed by atoms with van der Waals surface area (Å²) < 4.78 is 5.37. The normalized spacial score (nSPS) is 20.4. The number of carbonyl (C=O) groups excluding carboxylic acids is 1. The van der Waals surface area contributed by atoms with E-state index in [2.05, 4.69) is 12.2 Å². The number of rotatable bonds is 6. The Morgan fingerprint density at radius 3 is 2.33 bits per heavy atom. The molecule has 1 amide bonds. The lowest BCUT2D eigenvalue weighted by atomic mass is 9.92. The van der Waals surface area contributed by atoms with Gasteiger partial charge < -0.3 is 15.0 Å². The Kier molecular flexibility index (Phi) is 6.65. The van der Waals surface area contributed by atoms with Crippen LogP contribution in [0.3, 0.4) is 0 Å². The zero-order valence-corrected chi connectivity index (χ0v) is 12.2. The molecule has 0 aliphatic carbocycles. The molecule has 106 valence electrons. The molecular formula is C14H28N2O2. The van der Waals surface area contributed by atoms with Crippen molar-refractivity contribution in [2.24, 2.45) is 5.92 Å². The summed E-state index contributed by atoms with van der Waals surface area (Å²) >= 11 is 0. The van der Waals surface area contributed by atoms with Crippen molar-refractivity contribution >= 4 is 5.91 Å².